The fourth-order valence-corrected chi connectivity index (χ4v) is 2.13. The smallest absolute Gasteiger partial charge is 0.306 e. The third-order valence-corrected chi connectivity index (χ3v) is 3.10. The normalized spacial score (nSPS) is 24.5. The first kappa shape index (κ1) is 14.2. The molecule has 0 aliphatic heterocycles. The van der Waals surface area contributed by atoms with Gasteiger partial charge >= 0.3 is 5.97 Å². The molecule has 0 aromatic rings. The number of carboxylic acids is 1. The van der Waals surface area contributed by atoms with Gasteiger partial charge < -0.3 is 15.2 Å². The maximum atomic E-state index is 10.8. The molecule has 0 aromatic carbocycles. The van der Waals surface area contributed by atoms with Crippen molar-refractivity contribution in [2.45, 2.75) is 38.6 Å². The van der Waals surface area contributed by atoms with Gasteiger partial charge in [-0.05, 0) is 32.6 Å². The summed E-state index contributed by atoms with van der Waals surface area (Å²) >= 11 is 0. The summed E-state index contributed by atoms with van der Waals surface area (Å²) in [5.74, 6) is -0.777. The van der Waals surface area contributed by atoms with Crippen LogP contribution in [0.5, 0.6) is 0 Å². The summed E-state index contributed by atoms with van der Waals surface area (Å²) in [6.07, 6.45) is 3.49. The minimum atomic E-state index is -0.645. The van der Waals surface area contributed by atoms with Gasteiger partial charge in [0, 0.05) is 12.6 Å². The summed E-state index contributed by atoms with van der Waals surface area (Å²) < 4.78 is 5.39. The summed E-state index contributed by atoms with van der Waals surface area (Å²) in [6.45, 7) is 7.85. The predicted octanol–water partition coefficient (Wildman–Crippen LogP) is 1.81. The molecule has 2 N–H and O–H groups in total. The van der Waals surface area contributed by atoms with E-state index in [9.17, 15) is 4.79 Å². The number of carboxylic acid groups (broad SMARTS) is 1. The summed E-state index contributed by atoms with van der Waals surface area (Å²) in [5.41, 5.74) is 1.03. The van der Waals surface area contributed by atoms with Gasteiger partial charge in [0.1, 0.15) is 0 Å². The molecule has 98 valence electrons. The molecule has 0 spiro atoms. The molecule has 17 heavy (non-hydrogen) atoms. The molecule has 0 amide bonds. The van der Waals surface area contributed by atoms with Gasteiger partial charge in [0.25, 0.3) is 0 Å². The standard InChI is InChI=1S/C13H23NO3/c1-10(2)9-17-8-7-14-12-5-3-11(4-6-12)13(15)16/h11-12,14H,1,3-9H2,2H3,(H,15,16). The maximum absolute atomic E-state index is 10.8. The number of hydrogen-bond donors (Lipinski definition) is 2. The average Bonchev–Trinajstić information content (AvgIpc) is 2.29. The van der Waals surface area contributed by atoms with Crippen molar-refractivity contribution in [1.29, 1.82) is 0 Å². The van der Waals surface area contributed by atoms with Crippen LogP contribution in [0.15, 0.2) is 12.2 Å². The Hall–Kier alpha value is -0.870. The van der Waals surface area contributed by atoms with Crippen LogP contribution in [0.1, 0.15) is 32.6 Å². The Morgan fingerprint density at radius 3 is 2.59 bits per heavy atom. The third-order valence-electron chi connectivity index (χ3n) is 3.10. The van der Waals surface area contributed by atoms with Crippen LogP contribution < -0.4 is 5.32 Å². The minimum Gasteiger partial charge on any atom is -0.481 e. The topological polar surface area (TPSA) is 58.6 Å². The van der Waals surface area contributed by atoms with Crippen molar-refractivity contribution in [3.8, 4) is 0 Å². The molecule has 0 unspecified atom stereocenters. The number of rotatable bonds is 7. The molecule has 1 rings (SSSR count). The van der Waals surface area contributed by atoms with Gasteiger partial charge in [-0.2, -0.15) is 0 Å². The van der Waals surface area contributed by atoms with E-state index in [1.54, 1.807) is 0 Å². The van der Waals surface area contributed by atoms with Gasteiger partial charge in [-0.15, -0.1) is 0 Å². The lowest BCUT2D eigenvalue weighted by Gasteiger charge is -2.26. The lowest BCUT2D eigenvalue weighted by atomic mass is 9.86. The van der Waals surface area contributed by atoms with E-state index in [2.05, 4.69) is 11.9 Å². The van der Waals surface area contributed by atoms with E-state index in [0.29, 0.717) is 19.3 Å². The number of nitrogens with one attached hydrogen (secondary N) is 1. The molecule has 1 aliphatic carbocycles. The SMILES string of the molecule is C=C(C)COCCNC1CCC(C(=O)O)CC1. The zero-order valence-corrected chi connectivity index (χ0v) is 10.6. The van der Waals surface area contributed by atoms with E-state index in [4.69, 9.17) is 9.84 Å². The van der Waals surface area contributed by atoms with Crippen LogP contribution in [0.25, 0.3) is 0 Å². The van der Waals surface area contributed by atoms with Gasteiger partial charge in [0.15, 0.2) is 0 Å². The Balaban J connectivity index is 2.02. The van der Waals surface area contributed by atoms with Crippen molar-refractivity contribution < 1.29 is 14.6 Å². The number of ether oxygens (including phenoxy) is 1. The highest BCUT2D eigenvalue weighted by molar-refractivity contribution is 5.70. The van der Waals surface area contributed by atoms with Crippen molar-refractivity contribution in [3.05, 3.63) is 12.2 Å². The first-order valence-corrected chi connectivity index (χ1v) is 6.28. The highest BCUT2D eigenvalue weighted by atomic mass is 16.5. The van der Waals surface area contributed by atoms with Crippen molar-refractivity contribution in [2.75, 3.05) is 19.8 Å². The second kappa shape index (κ2) is 7.45. The van der Waals surface area contributed by atoms with E-state index in [-0.39, 0.29) is 5.92 Å². The monoisotopic (exact) mass is 241 g/mol. The lowest BCUT2D eigenvalue weighted by Crippen LogP contribution is -2.36. The molecule has 0 atom stereocenters. The van der Waals surface area contributed by atoms with Crippen LogP contribution in [-0.2, 0) is 9.53 Å². The third kappa shape index (κ3) is 5.84. The first-order chi connectivity index (χ1) is 8.09. The summed E-state index contributed by atoms with van der Waals surface area (Å²) in [6, 6.07) is 0.457. The number of hydrogen-bond acceptors (Lipinski definition) is 3. The Kier molecular flexibility index (Phi) is 6.22. The van der Waals surface area contributed by atoms with Crippen LogP contribution in [-0.4, -0.2) is 36.9 Å². The van der Waals surface area contributed by atoms with E-state index in [1.807, 2.05) is 6.92 Å². The number of carbonyl (C=O) groups is 1. The molecule has 1 saturated carbocycles. The van der Waals surface area contributed by atoms with Crippen molar-refractivity contribution in [3.63, 3.8) is 0 Å². The average molecular weight is 241 g/mol. The first-order valence-electron chi connectivity index (χ1n) is 6.28. The van der Waals surface area contributed by atoms with Crippen molar-refractivity contribution in [2.24, 2.45) is 5.92 Å². The van der Waals surface area contributed by atoms with Crippen molar-refractivity contribution in [1.82, 2.24) is 5.32 Å². The molecule has 4 nitrogen and oxygen atoms in total. The minimum absolute atomic E-state index is 0.132. The van der Waals surface area contributed by atoms with Gasteiger partial charge in [-0.25, -0.2) is 0 Å². The van der Waals surface area contributed by atoms with E-state index in [0.717, 1.165) is 37.8 Å². The lowest BCUT2D eigenvalue weighted by molar-refractivity contribution is -0.142. The molecule has 0 heterocycles. The molecule has 0 radical (unpaired) electrons. The van der Waals surface area contributed by atoms with Gasteiger partial charge in [-0.1, -0.05) is 12.2 Å². The summed E-state index contributed by atoms with van der Waals surface area (Å²) in [4.78, 5) is 10.8. The Morgan fingerprint density at radius 2 is 2.06 bits per heavy atom. The van der Waals surface area contributed by atoms with Gasteiger partial charge in [-0.3, -0.25) is 4.79 Å². The van der Waals surface area contributed by atoms with Crippen LogP contribution >= 0.6 is 0 Å². The van der Waals surface area contributed by atoms with E-state index >= 15 is 0 Å². The maximum Gasteiger partial charge on any atom is 0.306 e. The zero-order valence-electron chi connectivity index (χ0n) is 10.6. The Labute approximate surface area is 103 Å². The fraction of sp³-hybridized carbons (Fsp3) is 0.769. The van der Waals surface area contributed by atoms with Crippen LogP contribution in [0.3, 0.4) is 0 Å². The molecule has 4 heteroatoms. The molecular weight excluding hydrogens is 218 g/mol. The molecule has 1 aliphatic rings. The molecule has 0 aromatic heterocycles. The second-order valence-corrected chi connectivity index (χ2v) is 4.85. The van der Waals surface area contributed by atoms with Crippen LogP contribution in [0, 0.1) is 5.92 Å². The molecule has 1 fully saturated rings. The Bertz CT molecular complexity index is 257. The number of aliphatic carboxylic acids is 1. The molecule has 0 saturated heterocycles. The van der Waals surface area contributed by atoms with Crippen LogP contribution in [0.2, 0.25) is 0 Å². The Morgan fingerprint density at radius 1 is 1.41 bits per heavy atom. The van der Waals surface area contributed by atoms with Crippen LogP contribution in [0.4, 0.5) is 0 Å². The highest BCUT2D eigenvalue weighted by Crippen LogP contribution is 2.24. The van der Waals surface area contributed by atoms with Crippen molar-refractivity contribution >= 4 is 5.97 Å². The zero-order chi connectivity index (χ0) is 12.7. The van der Waals surface area contributed by atoms with E-state index in [1.165, 1.54) is 0 Å². The molecular formula is C13H23NO3. The largest absolute Gasteiger partial charge is 0.481 e. The summed E-state index contributed by atoms with van der Waals surface area (Å²) in [5, 5.41) is 12.3. The van der Waals surface area contributed by atoms with E-state index < -0.39 is 5.97 Å². The second-order valence-electron chi connectivity index (χ2n) is 4.85. The quantitative estimate of drug-likeness (QED) is 0.527. The molecule has 0 bridgehead atoms. The van der Waals surface area contributed by atoms with Gasteiger partial charge in [0.2, 0.25) is 0 Å². The van der Waals surface area contributed by atoms with Gasteiger partial charge in [0.05, 0.1) is 19.1 Å². The summed E-state index contributed by atoms with van der Waals surface area (Å²) in [7, 11) is 0. The fourth-order valence-electron chi connectivity index (χ4n) is 2.13. The predicted molar refractivity (Wildman–Crippen MR) is 67.0 cm³/mol. The highest BCUT2D eigenvalue weighted by Gasteiger charge is 2.25.